The lowest BCUT2D eigenvalue weighted by Gasteiger charge is -2.33. The molecule has 1 fully saturated rings. The number of aliphatic hydroxyl groups is 1. The SMILES string of the molecule is CC(C)c1c(C#N)c(F)c2cnc(NC3CCC(F)(F)CC3O)nn12. The third kappa shape index (κ3) is 3.14. The van der Waals surface area contributed by atoms with Gasteiger partial charge in [0.05, 0.1) is 24.0 Å². The maximum absolute atomic E-state index is 14.3. The lowest BCUT2D eigenvalue weighted by atomic mass is 9.90. The summed E-state index contributed by atoms with van der Waals surface area (Å²) in [5.41, 5.74) is 0.400. The average molecular weight is 353 g/mol. The first-order chi connectivity index (χ1) is 11.7. The largest absolute Gasteiger partial charge is 0.391 e. The summed E-state index contributed by atoms with van der Waals surface area (Å²) in [7, 11) is 0. The molecule has 6 nitrogen and oxygen atoms in total. The molecule has 2 aromatic heterocycles. The smallest absolute Gasteiger partial charge is 0.250 e. The molecule has 0 radical (unpaired) electrons. The second-order valence-electron chi connectivity index (χ2n) is 6.64. The van der Waals surface area contributed by atoms with E-state index in [1.807, 2.05) is 19.9 Å². The molecule has 2 N–H and O–H groups in total. The zero-order valence-electron chi connectivity index (χ0n) is 13.8. The number of fused-ring (bicyclic) bond motifs is 1. The van der Waals surface area contributed by atoms with Crippen LogP contribution >= 0.6 is 0 Å². The van der Waals surface area contributed by atoms with E-state index in [1.54, 1.807) is 0 Å². The van der Waals surface area contributed by atoms with Gasteiger partial charge in [-0.3, -0.25) is 0 Å². The van der Waals surface area contributed by atoms with Gasteiger partial charge in [0.25, 0.3) is 5.92 Å². The minimum absolute atomic E-state index is 0.0656. The molecule has 2 heterocycles. The highest BCUT2D eigenvalue weighted by molar-refractivity contribution is 5.58. The van der Waals surface area contributed by atoms with Crippen LogP contribution in [0.2, 0.25) is 0 Å². The van der Waals surface area contributed by atoms with Crippen LogP contribution in [-0.2, 0) is 0 Å². The fourth-order valence-corrected chi connectivity index (χ4v) is 3.18. The number of hydrogen-bond acceptors (Lipinski definition) is 5. The first-order valence-corrected chi connectivity index (χ1v) is 8.03. The van der Waals surface area contributed by atoms with Crippen molar-refractivity contribution < 1.29 is 18.3 Å². The first-order valence-electron chi connectivity index (χ1n) is 8.03. The lowest BCUT2D eigenvalue weighted by Crippen LogP contribution is -2.44. The predicted octanol–water partition coefficient (Wildman–Crippen LogP) is 2.82. The van der Waals surface area contributed by atoms with E-state index in [9.17, 15) is 23.5 Å². The van der Waals surface area contributed by atoms with Gasteiger partial charge in [-0.15, -0.1) is 5.10 Å². The van der Waals surface area contributed by atoms with Crippen molar-refractivity contribution in [3.8, 4) is 6.07 Å². The minimum atomic E-state index is -2.88. The molecule has 0 aliphatic heterocycles. The summed E-state index contributed by atoms with van der Waals surface area (Å²) in [6, 6.07) is 1.23. The van der Waals surface area contributed by atoms with Crippen LogP contribution in [0.5, 0.6) is 0 Å². The second kappa shape index (κ2) is 6.19. The van der Waals surface area contributed by atoms with Crippen molar-refractivity contribution >= 4 is 11.5 Å². The molecule has 1 aliphatic rings. The number of aromatic nitrogens is 3. The van der Waals surface area contributed by atoms with Crippen LogP contribution in [0.4, 0.5) is 19.1 Å². The molecule has 2 unspecified atom stereocenters. The normalized spacial score (nSPS) is 23.0. The van der Waals surface area contributed by atoms with Crippen molar-refractivity contribution in [2.75, 3.05) is 5.32 Å². The highest BCUT2D eigenvalue weighted by Gasteiger charge is 2.41. The molecule has 0 saturated heterocycles. The Morgan fingerprint density at radius 3 is 2.80 bits per heavy atom. The summed E-state index contributed by atoms with van der Waals surface area (Å²) in [5.74, 6) is -3.63. The lowest BCUT2D eigenvalue weighted by molar-refractivity contribution is -0.0800. The van der Waals surface area contributed by atoms with Gasteiger partial charge in [0.1, 0.15) is 17.1 Å². The summed E-state index contributed by atoms with van der Waals surface area (Å²) < 4.78 is 42.2. The number of hydrogen-bond donors (Lipinski definition) is 2. The van der Waals surface area contributed by atoms with Crippen molar-refractivity contribution in [3.05, 3.63) is 23.3 Å². The molecule has 0 amide bonds. The number of aliphatic hydroxyl groups excluding tert-OH is 1. The molecule has 25 heavy (non-hydrogen) atoms. The Morgan fingerprint density at radius 1 is 1.48 bits per heavy atom. The van der Waals surface area contributed by atoms with E-state index < -0.39 is 30.3 Å². The van der Waals surface area contributed by atoms with Gasteiger partial charge >= 0.3 is 0 Å². The molecule has 134 valence electrons. The third-order valence-corrected chi connectivity index (χ3v) is 4.43. The topological polar surface area (TPSA) is 86.2 Å². The number of nitrogens with one attached hydrogen (secondary N) is 1. The van der Waals surface area contributed by atoms with Crippen LogP contribution in [0.25, 0.3) is 5.52 Å². The molecule has 3 rings (SSSR count). The number of nitrogens with zero attached hydrogens (tertiary/aromatic N) is 4. The highest BCUT2D eigenvalue weighted by Crippen LogP contribution is 2.34. The predicted molar refractivity (Wildman–Crippen MR) is 84.0 cm³/mol. The van der Waals surface area contributed by atoms with Gasteiger partial charge in [-0.05, 0) is 12.3 Å². The zero-order chi connectivity index (χ0) is 18.4. The van der Waals surface area contributed by atoms with Crippen LogP contribution in [0.1, 0.15) is 50.3 Å². The monoisotopic (exact) mass is 353 g/mol. The summed E-state index contributed by atoms with van der Waals surface area (Å²) in [6.07, 6.45) is -0.889. The number of halogens is 3. The van der Waals surface area contributed by atoms with E-state index in [0.29, 0.717) is 5.69 Å². The fraction of sp³-hybridized carbons (Fsp3) is 0.562. The molecule has 2 atom stereocenters. The van der Waals surface area contributed by atoms with Gasteiger partial charge in [0, 0.05) is 12.8 Å². The fourth-order valence-electron chi connectivity index (χ4n) is 3.18. The van der Waals surface area contributed by atoms with Crippen molar-refractivity contribution in [1.82, 2.24) is 14.6 Å². The van der Waals surface area contributed by atoms with Gasteiger partial charge < -0.3 is 10.4 Å². The van der Waals surface area contributed by atoms with Gasteiger partial charge in [0.15, 0.2) is 5.82 Å². The van der Waals surface area contributed by atoms with E-state index in [-0.39, 0.29) is 35.8 Å². The molecule has 0 aromatic carbocycles. The molecule has 1 aliphatic carbocycles. The van der Waals surface area contributed by atoms with E-state index >= 15 is 0 Å². The van der Waals surface area contributed by atoms with Crippen molar-refractivity contribution in [2.45, 2.75) is 57.1 Å². The Hall–Kier alpha value is -2.34. The quantitative estimate of drug-likeness (QED) is 0.886. The first kappa shape index (κ1) is 17.5. The molecular formula is C16H18F3N5O. The van der Waals surface area contributed by atoms with Crippen LogP contribution in [-0.4, -0.2) is 37.8 Å². The highest BCUT2D eigenvalue weighted by atomic mass is 19.3. The number of nitriles is 1. The zero-order valence-corrected chi connectivity index (χ0v) is 13.8. The van der Waals surface area contributed by atoms with Crippen molar-refractivity contribution in [1.29, 1.82) is 5.26 Å². The molecule has 1 saturated carbocycles. The standard InChI is InChI=1S/C16H18F3N5O/c1-8(2)14-9(6-20)13(17)11-7-21-15(23-24(11)14)22-10-3-4-16(18,19)5-12(10)25/h7-8,10,12,25H,3-5H2,1-2H3,(H,22,23). The third-order valence-electron chi connectivity index (χ3n) is 4.43. The molecule has 2 aromatic rings. The Morgan fingerprint density at radius 2 is 2.20 bits per heavy atom. The van der Waals surface area contributed by atoms with Gasteiger partial charge in [-0.25, -0.2) is 22.7 Å². The summed E-state index contributed by atoms with van der Waals surface area (Å²) in [6.45, 7) is 3.62. The van der Waals surface area contributed by atoms with E-state index in [0.717, 1.165) is 0 Å². The Balaban J connectivity index is 1.94. The molecular weight excluding hydrogens is 335 g/mol. The van der Waals surface area contributed by atoms with Gasteiger partial charge in [0.2, 0.25) is 5.95 Å². The minimum Gasteiger partial charge on any atom is -0.391 e. The van der Waals surface area contributed by atoms with E-state index in [4.69, 9.17) is 0 Å². The summed E-state index contributed by atoms with van der Waals surface area (Å²) in [5, 5.41) is 26.1. The van der Waals surface area contributed by atoms with Crippen molar-refractivity contribution in [2.24, 2.45) is 0 Å². The number of alkyl halides is 2. The second-order valence-corrected chi connectivity index (χ2v) is 6.64. The molecule has 0 bridgehead atoms. The Labute approximate surface area is 142 Å². The summed E-state index contributed by atoms with van der Waals surface area (Å²) >= 11 is 0. The number of anilines is 1. The van der Waals surface area contributed by atoms with Crippen molar-refractivity contribution in [3.63, 3.8) is 0 Å². The number of rotatable bonds is 3. The van der Waals surface area contributed by atoms with Crippen LogP contribution in [0.3, 0.4) is 0 Å². The average Bonchev–Trinajstić information content (AvgIpc) is 2.81. The van der Waals surface area contributed by atoms with Crippen LogP contribution in [0.15, 0.2) is 6.20 Å². The van der Waals surface area contributed by atoms with Gasteiger partial charge in [-0.1, -0.05) is 13.8 Å². The van der Waals surface area contributed by atoms with E-state index in [1.165, 1.54) is 10.7 Å². The Kier molecular flexibility index (Phi) is 4.33. The van der Waals surface area contributed by atoms with Gasteiger partial charge in [-0.2, -0.15) is 5.26 Å². The van der Waals surface area contributed by atoms with Crippen LogP contribution < -0.4 is 5.32 Å². The molecule has 9 heteroatoms. The van der Waals surface area contributed by atoms with E-state index in [2.05, 4.69) is 15.4 Å². The molecule has 0 spiro atoms. The summed E-state index contributed by atoms with van der Waals surface area (Å²) in [4.78, 5) is 3.99. The Bertz CT molecular complexity index is 842. The van der Waals surface area contributed by atoms with Crippen LogP contribution in [0, 0.1) is 17.1 Å². The maximum Gasteiger partial charge on any atom is 0.250 e. The maximum atomic E-state index is 14.3.